The second kappa shape index (κ2) is 6.95. The highest BCUT2D eigenvalue weighted by Gasteiger charge is 2.20. The Morgan fingerprint density at radius 1 is 1.33 bits per heavy atom. The third-order valence-corrected chi connectivity index (χ3v) is 3.92. The van der Waals surface area contributed by atoms with Gasteiger partial charge in [0.2, 0.25) is 0 Å². The molecule has 21 heavy (non-hydrogen) atoms. The maximum atomic E-state index is 14.1. The number of nitrogens with zero attached hydrogens (tertiary/aromatic N) is 1. The summed E-state index contributed by atoms with van der Waals surface area (Å²) in [6.45, 7) is 0. The number of aromatic nitrogens is 1. The summed E-state index contributed by atoms with van der Waals surface area (Å²) in [4.78, 5) is 3.98. The van der Waals surface area contributed by atoms with Gasteiger partial charge in [0.05, 0.1) is 17.8 Å². The maximum Gasteiger partial charge on any atom is 0.143 e. The van der Waals surface area contributed by atoms with Crippen molar-refractivity contribution >= 4 is 15.9 Å². The van der Waals surface area contributed by atoms with Gasteiger partial charge < -0.3 is 10.1 Å². The Labute approximate surface area is 130 Å². The lowest BCUT2D eigenvalue weighted by Gasteiger charge is -2.20. The summed E-state index contributed by atoms with van der Waals surface area (Å²) in [5, 5.41) is 3.06. The van der Waals surface area contributed by atoms with Crippen LogP contribution in [-0.2, 0) is 6.42 Å². The number of rotatable bonds is 5. The van der Waals surface area contributed by atoms with Crippen molar-refractivity contribution in [1.29, 1.82) is 0 Å². The molecular weight excluding hydrogens is 342 g/mol. The van der Waals surface area contributed by atoms with Gasteiger partial charge in [0.15, 0.2) is 0 Å². The Kier molecular flexibility index (Phi) is 5.25. The first kappa shape index (κ1) is 15.9. The monoisotopic (exact) mass is 356 g/mol. The zero-order valence-electron chi connectivity index (χ0n) is 11.7. The van der Waals surface area contributed by atoms with E-state index < -0.39 is 11.6 Å². The number of benzene rings is 1. The molecule has 2 aromatic rings. The van der Waals surface area contributed by atoms with Gasteiger partial charge in [0.1, 0.15) is 17.4 Å². The van der Waals surface area contributed by atoms with Crippen molar-refractivity contribution in [2.24, 2.45) is 0 Å². The Balaban J connectivity index is 2.38. The highest BCUT2D eigenvalue weighted by molar-refractivity contribution is 9.10. The summed E-state index contributed by atoms with van der Waals surface area (Å²) < 4.78 is 33.5. The van der Waals surface area contributed by atoms with Gasteiger partial charge in [0, 0.05) is 23.4 Å². The number of halogens is 3. The number of ether oxygens (including phenoxy) is 1. The molecule has 0 radical (unpaired) electrons. The standard InChI is InChI=1S/C15H15BrF2N2O/c1-19-13(9-5-6-20-8-14(9)21-2)7-10-12(17)4-3-11(16)15(10)18/h3-6,8,13,19H,7H2,1-2H3. The van der Waals surface area contributed by atoms with E-state index in [1.807, 2.05) is 0 Å². The van der Waals surface area contributed by atoms with Crippen LogP contribution in [0.5, 0.6) is 5.75 Å². The molecule has 1 unspecified atom stereocenters. The van der Waals surface area contributed by atoms with Crippen LogP contribution >= 0.6 is 15.9 Å². The lowest BCUT2D eigenvalue weighted by molar-refractivity contribution is 0.397. The number of pyridine rings is 1. The second-order valence-electron chi connectivity index (χ2n) is 4.48. The van der Waals surface area contributed by atoms with E-state index in [2.05, 4.69) is 26.2 Å². The van der Waals surface area contributed by atoms with Crippen LogP contribution in [-0.4, -0.2) is 19.1 Å². The van der Waals surface area contributed by atoms with Crippen molar-refractivity contribution in [3.8, 4) is 5.75 Å². The van der Waals surface area contributed by atoms with Crippen LogP contribution in [0.3, 0.4) is 0 Å². The SMILES string of the molecule is CNC(Cc1c(F)ccc(Br)c1F)c1ccncc1OC. The first-order valence-electron chi connectivity index (χ1n) is 6.36. The number of methoxy groups -OCH3 is 1. The molecule has 0 aliphatic rings. The summed E-state index contributed by atoms with van der Waals surface area (Å²) in [5.41, 5.74) is 0.830. The number of hydrogen-bond donors (Lipinski definition) is 1. The molecule has 1 aromatic carbocycles. The lowest BCUT2D eigenvalue weighted by atomic mass is 9.98. The Bertz CT molecular complexity index is 637. The molecule has 0 spiro atoms. The molecule has 0 fully saturated rings. The Morgan fingerprint density at radius 3 is 2.76 bits per heavy atom. The van der Waals surface area contributed by atoms with Crippen molar-refractivity contribution in [2.75, 3.05) is 14.2 Å². The summed E-state index contributed by atoms with van der Waals surface area (Å²) in [7, 11) is 3.27. The van der Waals surface area contributed by atoms with Gasteiger partial charge in [-0.3, -0.25) is 4.98 Å². The van der Waals surface area contributed by atoms with Gasteiger partial charge in [-0.15, -0.1) is 0 Å². The lowest BCUT2D eigenvalue weighted by Crippen LogP contribution is -2.21. The van der Waals surface area contributed by atoms with E-state index in [0.717, 1.165) is 5.56 Å². The molecule has 0 amide bonds. The smallest absolute Gasteiger partial charge is 0.143 e. The molecule has 0 aliphatic heterocycles. The van der Waals surface area contributed by atoms with E-state index >= 15 is 0 Å². The van der Waals surface area contributed by atoms with Crippen molar-refractivity contribution < 1.29 is 13.5 Å². The third-order valence-electron chi connectivity index (χ3n) is 3.31. The molecule has 1 heterocycles. The minimum absolute atomic E-state index is 0.0302. The van der Waals surface area contributed by atoms with E-state index in [1.165, 1.54) is 19.2 Å². The van der Waals surface area contributed by atoms with Crippen LogP contribution < -0.4 is 10.1 Å². The zero-order valence-corrected chi connectivity index (χ0v) is 13.2. The van der Waals surface area contributed by atoms with Gasteiger partial charge >= 0.3 is 0 Å². The van der Waals surface area contributed by atoms with Gasteiger partial charge in [-0.25, -0.2) is 8.78 Å². The Hall–Kier alpha value is -1.53. The molecule has 0 bridgehead atoms. The van der Waals surface area contributed by atoms with Gasteiger partial charge in [-0.05, 0) is 47.6 Å². The molecule has 0 saturated carbocycles. The first-order chi connectivity index (χ1) is 10.1. The fourth-order valence-corrected chi connectivity index (χ4v) is 2.55. The average Bonchev–Trinajstić information content (AvgIpc) is 2.51. The molecule has 0 aliphatic carbocycles. The van der Waals surface area contributed by atoms with Crippen LogP contribution in [0.2, 0.25) is 0 Å². The van der Waals surface area contributed by atoms with E-state index in [4.69, 9.17) is 4.74 Å². The predicted octanol–water partition coefficient (Wildman–Crippen LogP) is 3.63. The summed E-state index contributed by atoms with van der Waals surface area (Å²) >= 11 is 3.08. The van der Waals surface area contributed by atoms with Crippen LogP contribution in [0.25, 0.3) is 0 Å². The molecule has 1 atom stereocenters. The number of likely N-dealkylation sites (N-methyl/N-ethyl adjacent to an activating group) is 1. The quantitative estimate of drug-likeness (QED) is 0.830. The van der Waals surface area contributed by atoms with Crippen molar-refractivity contribution in [3.63, 3.8) is 0 Å². The number of nitrogens with one attached hydrogen (secondary N) is 1. The second-order valence-corrected chi connectivity index (χ2v) is 5.34. The minimum Gasteiger partial charge on any atom is -0.495 e. The fourth-order valence-electron chi connectivity index (χ4n) is 2.18. The summed E-state index contributed by atoms with van der Waals surface area (Å²) in [6.07, 6.45) is 3.36. The van der Waals surface area contributed by atoms with Crippen molar-refractivity contribution in [3.05, 3.63) is 57.8 Å². The zero-order chi connectivity index (χ0) is 15.4. The molecular formula is C15H15BrF2N2O. The van der Waals surface area contributed by atoms with Gasteiger partial charge in [0.25, 0.3) is 0 Å². The molecule has 112 valence electrons. The van der Waals surface area contributed by atoms with Crippen LogP contribution in [0.4, 0.5) is 8.78 Å². The topological polar surface area (TPSA) is 34.2 Å². The van der Waals surface area contributed by atoms with Crippen LogP contribution in [0, 0.1) is 11.6 Å². The van der Waals surface area contributed by atoms with E-state index in [9.17, 15) is 8.78 Å². The minimum atomic E-state index is -0.580. The van der Waals surface area contributed by atoms with Crippen LogP contribution in [0.15, 0.2) is 35.1 Å². The summed E-state index contributed by atoms with van der Waals surface area (Å²) in [5.74, 6) is -0.570. The highest BCUT2D eigenvalue weighted by atomic mass is 79.9. The van der Waals surface area contributed by atoms with Crippen LogP contribution in [0.1, 0.15) is 17.2 Å². The molecule has 1 aromatic heterocycles. The Morgan fingerprint density at radius 2 is 2.10 bits per heavy atom. The molecule has 3 nitrogen and oxygen atoms in total. The predicted molar refractivity (Wildman–Crippen MR) is 80.4 cm³/mol. The molecule has 2 rings (SSSR count). The summed E-state index contributed by atoms with van der Waals surface area (Å²) in [6, 6.07) is 4.09. The van der Waals surface area contributed by atoms with Crippen molar-refractivity contribution in [1.82, 2.24) is 10.3 Å². The van der Waals surface area contributed by atoms with E-state index in [-0.39, 0.29) is 22.5 Å². The van der Waals surface area contributed by atoms with Crippen molar-refractivity contribution in [2.45, 2.75) is 12.5 Å². The average molecular weight is 357 g/mol. The third kappa shape index (κ3) is 3.39. The fraction of sp³-hybridized carbons (Fsp3) is 0.267. The maximum absolute atomic E-state index is 14.1. The molecule has 1 N–H and O–H groups in total. The van der Waals surface area contributed by atoms with Gasteiger partial charge in [-0.2, -0.15) is 0 Å². The van der Waals surface area contributed by atoms with E-state index in [0.29, 0.717) is 5.75 Å². The number of hydrogen-bond acceptors (Lipinski definition) is 3. The largest absolute Gasteiger partial charge is 0.495 e. The molecule has 6 heteroatoms. The highest BCUT2D eigenvalue weighted by Crippen LogP contribution is 2.30. The normalized spacial score (nSPS) is 12.2. The molecule has 0 saturated heterocycles. The van der Waals surface area contributed by atoms with E-state index in [1.54, 1.807) is 25.5 Å². The van der Waals surface area contributed by atoms with Gasteiger partial charge in [-0.1, -0.05) is 0 Å². The first-order valence-corrected chi connectivity index (χ1v) is 7.15.